The lowest BCUT2D eigenvalue weighted by molar-refractivity contribution is 0.125. The van der Waals surface area contributed by atoms with Crippen molar-refractivity contribution >= 4 is 11.4 Å². The number of rotatable bonds is 3. The molecule has 100 valence electrons. The van der Waals surface area contributed by atoms with Crippen molar-refractivity contribution in [2.45, 2.75) is 44.3 Å². The van der Waals surface area contributed by atoms with Gasteiger partial charge < -0.3 is 16.2 Å². The van der Waals surface area contributed by atoms with Gasteiger partial charge in [-0.05, 0) is 43.9 Å². The van der Waals surface area contributed by atoms with Crippen molar-refractivity contribution in [3.63, 3.8) is 0 Å². The molecule has 18 heavy (non-hydrogen) atoms. The minimum atomic E-state index is -2.54. The Bertz CT molecular complexity index is 404. The second kappa shape index (κ2) is 5.52. The number of anilines is 2. The van der Waals surface area contributed by atoms with Crippen LogP contribution in [0, 0.1) is 0 Å². The first-order valence-corrected chi connectivity index (χ1v) is 6.18. The number of nitrogens with two attached hydrogens (primary N) is 1. The van der Waals surface area contributed by atoms with Crippen LogP contribution < -0.4 is 11.1 Å². The number of nitrogens with one attached hydrogen (secondary N) is 1. The second-order valence-corrected chi connectivity index (χ2v) is 4.80. The van der Waals surface area contributed by atoms with Gasteiger partial charge in [-0.2, -0.15) is 0 Å². The molecule has 0 aromatic heterocycles. The zero-order valence-corrected chi connectivity index (χ0v) is 10.1. The Hall–Kier alpha value is -1.36. The Morgan fingerprint density at radius 3 is 2.50 bits per heavy atom. The Labute approximate surface area is 105 Å². The Kier molecular flexibility index (Phi) is 4.01. The molecular formula is C13H18F2N2O. The number of alkyl halides is 2. The molecule has 3 nitrogen and oxygen atoms in total. The van der Waals surface area contributed by atoms with Crippen LogP contribution in [0.4, 0.5) is 20.2 Å². The van der Waals surface area contributed by atoms with Crippen LogP contribution in [0.2, 0.25) is 0 Å². The van der Waals surface area contributed by atoms with Crippen LogP contribution in [0.3, 0.4) is 0 Å². The highest BCUT2D eigenvalue weighted by atomic mass is 19.3. The first-order valence-electron chi connectivity index (χ1n) is 6.18. The summed E-state index contributed by atoms with van der Waals surface area (Å²) >= 11 is 0. The lowest BCUT2D eigenvalue weighted by atomic mass is 9.93. The molecule has 1 saturated carbocycles. The van der Waals surface area contributed by atoms with E-state index >= 15 is 0 Å². The molecule has 1 fully saturated rings. The normalized spacial score (nSPS) is 24.2. The van der Waals surface area contributed by atoms with Crippen molar-refractivity contribution in [3.8, 4) is 0 Å². The second-order valence-electron chi connectivity index (χ2n) is 4.80. The first kappa shape index (κ1) is 13.1. The SMILES string of the molecule is Nc1ccc(NC2CCC(O)CC2)c(C(F)F)c1. The predicted molar refractivity (Wildman–Crippen MR) is 67.7 cm³/mol. The van der Waals surface area contributed by atoms with E-state index in [1.165, 1.54) is 6.07 Å². The predicted octanol–water partition coefficient (Wildman–Crippen LogP) is 2.92. The average Bonchev–Trinajstić information content (AvgIpc) is 2.34. The van der Waals surface area contributed by atoms with Gasteiger partial charge >= 0.3 is 0 Å². The van der Waals surface area contributed by atoms with E-state index in [9.17, 15) is 13.9 Å². The van der Waals surface area contributed by atoms with E-state index < -0.39 is 6.43 Å². The summed E-state index contributed by atoms with van der Waals surface area (Å²) in [6, 6.07) is 4.67. The third kappa shape index (κ3) is 3.10. The molecule has 1 aromatic rings. The van der Waals surface area contributed by atoms with Crippen LogP contribution in [0.25, 0.3) is 0 Å². The van der Waals surface area contributed by atoms with E-state index in [2.05, 4.69) is 5.32 Å². The Balaban J connectivity index is 2.09. The zero-order chi connectivity index (χ0) is 13.1. The fourth-order valence-corrected chi connectivity index (χ4v) is 2.33. The Morgan fingerprint density at radius 1 is 1.22 bits per heavy atom. The number of halogens is 2. The van der Waals surface area contributed by atoms with E-state index in [0.29, 0.717) is 11.4 Å². The minimum absolute atomic E-state index is 0.0545. The lowest BCUT2D eigenvalue weighted by Gasteiger charge is -2.28. The molecule has 0 heterocycles. The quantitative estimate of drug-likeness (QED) is 0.729. The van der Waals surface area contributed by atoms with E-state index in [4.69, 9.17) is 5.73 Å². The number of aliphatic hydroxyl groups excluding tert-OH is 1. The largest absolute Gasteiger partial charge is 0.399 e. The summed E-state index contributed by atoms with van der Waals surface area (Å²) in [5.74, 6) is 0. The fourth-order valence-electron chi connectivity index (χ4n) is 2.33. The van der Waals surface area contributed by atoms with Gasteiger partial charge in [0.2, 0.25) is 0 Å². The average molecular weight is 256 g/mol. The van der Waals surface area contributed by atoms with Gasteiger partial charge in [-0.25, -0.2) is 8.78 Å². The van der Waals surface area contributed by atoms with E-state index in [-0.39, 0.29) is 17.7 Å². The molecule has 0 unspecified atom stereocenters. The summed E-state index contributed by atoms with van der Waals surface area (Å²) in [7, 11) is 0. The molecule has 0 atom stereocenters. The first-order chi connectivity index (χ1) is 8.56. The summed E-state index contributed by atoms with van der Waals surface area (Å²) in [4.78, 5) is 0. The van der Waals surface area contributed by atoms with Crippen molar-refractivity contribution in [1.82, 2.24) is 0 Å². The summed E-state index contributed by atoms with van der Waals surface area (Å²) in [6.45, 7) is 0. The van der Waals surface area contributed by atoms with Crippen molar-refractivity contribution in [2.24, 2.45) is 0 Å². The van der Waals surface area contributed by atoms with Crippen molar-refractivity contribution < 1.29 is 13.9 Å². The van der Waals surface area contributed by atoms with Crippen LogP contribution in [-0.4, -0.2) is 17.3 Å². The van der Waals surface area contributed by atoms with Gasteiger partial charge in [0.25, 0.3) is 6.43 Å². The maximum absolute atomic E-state index is 12.9. The van der Waals surface area contributed by atoms with Gasteiger partial charge in [0, 0.05) is 23.0 Å². The molecule has 0 radical (unpaired) electrons. The molecule has 4 N–H and O–H groups in total. The molecule has 1 aliphatic rings. The molecule has 0 amide bonds. The van der Waals surface area contributed by atoms with Crippen molar-refractivity contribution in [1.29, 1.82) is 0 Å². The summed E-state index contributed by atoms with van der Waals surface area (Å²) < 4.78 is 25.8. The number of hydrogen-bond donors (Lipinski definition) is 3. The molecular weight excluding hydrogens is 238 g/mol. The number of hydrogen-bond acceptors (Lipinski definition) is 3. The lowest BCUT2D eigenvalue weighted by Crippen LogP contribution is -2.28. The zero-order valence-electron chi connectivity index (χ0n) is 10.1. The number of aliphatic hydroxyl groups is 1. The molecule has 0 aliphatic heterocycles. The third-order valence-corrected chi connectivity index (χ3v) is 3.37. The van der Waals surface area contributed by atoms with Crippen LogP contribution in [0.1, 0.15) is 37.7 Å². The van der Waals surface area contributed by atoms with Crippen molar-refractivity contribution in [3.05, 3.63) is 23.8 Å². The highest BCUT2D eigenvalue weighted by Gasteiger charge is 2.21. The monoisotopic (exact) mass is 256 g/mol. The maximum atomic E-state index is 12.9. The van der Waals surface area contributed by atoms with Gasteiger partial charge in [-0.1, -0.05) is 0 Å². The molecule has 0 saturated heterocycles. The fraction of sp³-hybridized carbons (Fsp3) is 0.538. The van der Waals surface area contributed by atoms with E-state index in [0.717, 1.165) is 25.7 Å². The molecule has 5 heteroatoms. The van der Waals surface area contributed by atoms with Crippen LogP contribution >= 0.6 is 0 Å². The smallest absolute Gasteiger partial charge is 0.265 e. The van der Waals surface area contributed by atoms with Crippen LogP contribution in [0.5, 0.6) is 0 Å². The van der Waals surface area contributed by atoms with Gasteiger partial charge in [0.1, 0.15) is 0 Å². The van der Waals surface area contributed by atoms with Gasteiger partial charge in [0.15, 0.2) is 0 Å². The number of benzene rings is 1. The summed E-state index contributed by atoms with van der Waals surface area (Å²) in [5.41, 5.74) is 6.26. The van der Waals surface area contributed by atoms with E-state index in [1.54, 1.807) is 12.1 Å². The highest BCUT2D eigenvalue weighted by Crippen LogP contribution is 2.31. The van der Waals surface area contributed by atoms with Gasteiger partial charge in [-0.3, -0.25) is 0 Å². The van der Waals surface area contributed by atoms with Crippen LogP contribution in [0.15, 0.2) is 18.2 Å². The summed E-state index contributed by atoms with van der Waals surface area (Å²) in [5, 5.41) is 12.5. The van der Waals surface area contributed by atoms with E-state index in [1.807, 2.05) is 0 Å². The Morgan fingerprint density at radius 2 is 1.89 bits per heavy atom. The standard InChI is InChI=1S/C13H18F2N2O/c14-13(15)11-7-8(16)1-6-12(11)17-9-2-4-10(18)5-3-9/h1,6-7,9-10,13,17-18H,2-5,16H2. The topological polar surface area (TPSA) is 58.3 Å². The third-order valence-electron chi connectivity index (χ3n) is 3.37. The van der Waals surface area contributed by atoms with Crippen molar-refractivity contribution in [2.75, 3.05) is 11.1 Å². The number of nitrogen functional groups attached to an aromatic ring is 1. The minimum Gasteiger partial charge on any atom is -0.399 e. The molecule has 0 bridgehead atoms. The highest BCUT2D eigenvalue weighted by molar-refractivity contribution is 5.59. The molecule has 2 rings (SSSR count). The van der Waals surface area contributed by atoms with Gasteiger partial charge in [0.05, 0.1) is 6.10 Å². The molecule has 1 aromatic carbocycles. The maximum Gasteiger partial charge on any atom is 0.265 e. The summed E-state index contributed by atoms with van der Waals surface area (Å²) in [6.07, 6.45) is 0.254. The molecule has 0 spiro atoms. The molecule has 1 aliphatic carbocycles. The van der Waals surface area contributed by atoms with Crippen LogP contribution in [-0.2, 0) is 0 Å². The van der Waals surface area contributed by atoms with Gasteiger partial charge in [-0.15, -0.1) is 0 Å².